The fourth-order valence-corrected chi connectivity index (χ4v) is 2.83. The van der Waals surface area contributed by atoms with E-state index in [2.05, 4.69) is 44.1 Å². The average molecular weight is 304 g/mol. The summed E-state index contributed by atoms with van der Waals surface area (Å²) >= 11 is 1.76. The standard InChI is InChI=1S/C17H24N2OS/c1-12(2)18-10-15-11-19-17(21-15)8-9-20-16-7-5-6-13(3)14(16)4/h5-7,11-12,18H,8-10H2,1-4H3. The van der Waals surface area contributed by atoms with E-state index in [9.17, 15) is 0 Å². The summed E-state index contributed by atoms with van der Waals surface area (Å²) in [5.74, 6) is 0.980. The van der Waals surface area contributed by atoms with Gasteiger partial charge in [0.2, 0.25) is 0 Å². The van der Waals surface area contributed by atoms with Gasteiger partial charge in [-0.25, -0.2) is 4.98 Å². The van der Waals surface area contributed by atoms with Crippen LogP contribution in [-0.2, 0) is 13.0 Å². The van der Waals surface area contributed by atoms with Crippen molar-refractivity contribution in [3.05, 3.63) is 45.4 Å². The van der Waals surface area contributed by atoms with E-state index in [1.165, 1.54) is 16.0 Å². The molecule has 21 heavy (non-hydrogen) atoms. The first-order chi connectivity index (χ1) is 10.1. The van der Waals surface area contributed by atoms with Crippen molar-refractivity contribution < 1.29 is 4.74 Å². The molecule has 0 aliphatic carbocycles. The molecular weight excluding hydrogens is 280 g/mol. The van der Waals surface area contributed by atoms with Gasteiger partial charge in [0.05, 0.1) is 11.6 Å². The fraction of sp³-hybridized carbons (Fsp3) is 0.471. The number of nitrogens with zero attached hydrogens (tertiary/aromatic N) is 1. The molecule has 4 heteroatoms. The molecule has 1 aromatic carbocycles. The summed E-state index contributed by atoms with van der Waals surface area (Å²) in [7, 11) is 0. The first-order valence-electron chi connectivity index (χ1n) is 7.42. The highest BCUT2D eigenvalue weighted by molar-refractivity contribution is 7.11. The van der Waals surface area contributed by atoms with Crippen molar-refractivity contribution >= 4 is 11.3 Å². The Labute approximate surface area is 131 Å². The first kappa shape index (κ1) is 16.0. The molecule has 0 bridgehead atoms. The van der Waals surface area contributed by atoms with Crippen molar-refractivity contribution in [3.8, 4) is 5.75 Å². The van der Waals surface area contributed by atoms with Crippen molar-refractivity contribution in [2.24, 2.45) is 0 Å². The summed E-state index contributed by atoms with van der Waals surface area (Å²) in [6.45, 7) is 10.1. The molecule has 0 aliphatic rings. The molecule has 0 radical (unpaired) electrons. The van der Waals surface area contributed by atoms with E-state index in [1.54, 1.807) is 11.3 Å². The lowest BCUT2D eigenvalue weighted by Gasteiger charge is -2.09. The van der Waals surface area contributed by atoms with Gasteiger partial charge in [0.1, 0.15) is 5.75 Å². The van der Waals surface area contributed by atoms with Gasteiger partial charge < -0.3 is 10.1 Å². The SMILES string of the molecule is Cc1cccc(OCCc2ncc(CNC(C)C)s2)c1C. The topological polar surface area (TPSA) is 34.1 Å². The lowest BCUT2D eigenvalue weighted by Crippen LogP contribution is -2.21. The van der Waals surface area contributed by atoms with Gasteiger partial charge >= 0.3 is 0 Å². The minimum Gasteiger partial charge on any atom is -0.493 e. The molecule has 1 N–H and O–H groups in total. The Morgan fingerprint density at radius 1 is 1.29 bits per heavy atom. The Morgan fingerprint density at radius 2 is 2.10 bits per heavy atom. The highest BCUT2D eigenvalue weighted by Gasteiger charge is 2.05. The second kappa shape index (κ2) is 7.57. The number of thiazole rings is 1. The zero-order chi connectivity index (χ0) is 15.2. The molecule has 2 aromatic rings. The summed E-state index contributed by atoms with van der Waals surface area (Å²) < 4.78 is 5.88. The van der Waals surface area contributed by atoms with Crippen molar-refractivity contribution in [2.45, 2.75) is 46.7 Å². The van der Waals surface area contributed by atoms with E-state index >= 15 is 0 Å². The van der Waals surface area contributed by atoms with Crippen LogP contribution in [0, 0.1) is 13.8 Å². The van der Waals surface area contributed by atoms with Crippen LogP contribution in [0.2, 0.25) is 0 Å². The molecule has 0 saturated heterocycles. The van der Waals surface area contributed by atoms with Crippen LogP contribution < -0.4 is 10.1 Å². The minimum atomic E-state index is 0.503. The smallest absolute Gasteiger partial charge is 0.122 e. The summed E-state index contributed by atoms with van der Waals surface area (Å²) in [6, 6.07) is 6.68. The number of benzene rings is 1. The Bertz CT molecular complexity index is 578. The van der Waals surface area contributed by atoms with Crippen LogP contribution in [0.15, 0.2) is 24.4 Å². The normalized spacial score (nSPS) is 11.1. The van der Waals surface area contributed by atoms with Crippen LogP contribution in [0.25, 0.3) is 0 Å². The molecule has 0 saturated carbocycles. The van der Waals surface area contributed by atoms with E-state index in [1.807, 2.05) is 18.3 Å². The van der Waals surface area contributed by atoms with Crippen LogP contribution in [0.3, 0.4) is 0 Å². The van der Waals surface area contributed by atoms with E-state index in [-0.39, 0.29) is 0 Å². The number of hydrogen-bond donors (Lipinski definition) is 1. The molecule has 114 valence electrons. The molecule has 3 nitrogen and oxygen atoms in total. The summed E-state index contributed by atoms with van der Waals surface area (Å²) in [6.07, 6.45) is 2.83. The molecule has 0 spiro atoms. The number of aromatic nitrogens is 1. The lowest BCUT2D eigenvalue weighted by molar-refractivity contribution is 0.319. The van der Waals surface area contributed by atoms with Crippen LogP contribution in [0.1, 0.15) is 34.9 Å². The zero-order valence-corrected chi connectivity index (χ0v) is 14.1. The maximum absolute atomic E-state index is 5.88. The quantitative estimate of drug-likeness (QED) is 0.843. The van der Waals surface area contributed by atoms with Gasteiger partial charge in [-0.15, -0.1) is 11.3 Å². The number of hydrogen-bond acceptors (Lipinski definition) is 4. The van der Waals surface area contributed by atoms with Gasteiger partial charge in [0.15, 0.2) is 0 Å². The van der Waals surface area contributed by atoms with Crippen molar-refractivity contribution in [2.75, 3.05) is 6.61 Å². The van der Waals surface area contributed by atoms with Gasteiger partial charge in [0, 0.05) is 30.1 Å². The van der Waals surface area contributed by atoms with Gasteiger partial charge in [-0.3, -0.25) is 0 Å². The highest BCUT2D eigenvalue weighted by Crippen LogP contribution is 2.21. The summed E-state index contributed by atoms with van der Waals surface area (Å²) in [5, 5.41) is 4.55. The van der Waals surface area contributed by atoms with Crippen LogP contribution in [0.5, 0.6) is 5.75 Å². The van der Waals surface area contributed by atoms with E-state index < -0.39 is 0 Å². The van der Waals surface area contributed by atoms with Gasteiger partial charge in [-0.1, -0.05) is 26.0 Å². The van der Waals surface area contributed by atoms with Crippen LogP contribution in [-0.4, -0.2) is 17.6 Å². The molecule has 1 heterocycles. The number of rotatable bonds is 7. The van der Waals surface area contributed by atoms with Crippen molar-refractivity contribution in [1.29, 1.82) is 0 Å². The lowest BCUT2D eigenvalue weighted by atomic mass is 10.1. The molecule has 0 fully saturated rings. The first-order valence-corrected chi connectivity index (χ1v) is 8.24. The Balaban J connectivity index is 1.82. The number of nitrogens with one attached hydrogen (secondary N) is 1. The predicted molar refractivity (Wildman–Crippen MR) is 89.2 cm³/mol. The second-order valence-corrected chi connectivity index (χ2v) is 6.75. The Hall–Kier alpha value is -1.39. The monoisotopic (exact) mass is 304 g/mol. The summed E-state index contributed by atoms with van der Waals surface area (Å²) in [4.78, 5) is 5.75. The molecule has 1 aromatic heterocycles. The largest absolute Gasteiger partial charge is 0.493 e. The summed E-state index contributed by atoms with van der Waals surface area (Å²) in [5.41, 5.74) is 2.49. The van der Waals surface area contributed by atoms with Gasteiger partial charge in [-0.05, 0) is 31.0 Å². The predicted octanol–water partition coefficient (Wildman–Crippen LogP) is 3.88. The Morgan fingerprint density at radius 3 is 2.86 bits per heavy atom. The second-order valence-electron chi connectivity index (χ2n) is 5.55. The van der Waals surface area contributed by atoms with E-state index in [4.69, 9.17) is 4.74 Å². The third kappa shape index (κ3) is 4.83. The molecule has 0 atom stereocenters. The Kier molecular flexibility index (Phi) is 5.76. The molecule has 2 rings (SSSR count). The fourth-order valence-electron chi connectivity index (χ4n) is 1.98. The zero-order valence-electron chi connectivity index (χ0n) is 13.3. The number of ether oxygens (including phenoxy) is 1. The number of aryl methyl sites for hydroxylation is 1. The van der Waals surface area contributed by atoms with Crippen molar-refractivity contribution in [1.82, 2.24) is 10.3 Å². The molecule has 0 unspecified atom stereocenters. The van der Waals surface area contributed by atoms with Crippen molar-refractivity contribution in [3.63, 3.8) is 0 Å². The minimum absolute atomic E-state index is 0.503. The molecule has 0 amide bonds. The van der Waals surface area contributed by atoms with Crippen LogP contribution >= 0.6 is 11.3 Å². The third-order valence-electron chi connectivity index (χ3n) is 3.41. The van der Waals surface area contributed by atoms with E-state index in [0.717, 1.165) is 23.7 Å². The van der Waals surface area contributed by atoms with Gasteiger partial charge in [0.25, 0.3) is 0 Å². The van der Waals surface area contributed by atoms with Crippen LogP contribution in [0.4, 0.5) is 0 Å². The maximum atomic E-state index is 5.88. The maximum Gasteiger partial charge on any atom is 0.122 e. The molecular formula is C17H24N2OS. The van der Waals surface area contributed by atoms with E-state index in [0.29, 0.717) is 12.6 Å². The average Bonchev–Trinajstić information content (AvgIpc) is 2.89. The highest BCUT2D eigenvalue weighted by atomic mass is 32.1. The third-order valence-corrected chi connectivity index (χ3v) is 4.47. The van der Waals surface area contributed by atoms with Gasteiger partial charge in [-0.2, -0.15) is 0 Å². The molecule has 0 aliphatic heterocycles.